The minimum Gasteiger partial charge on any atom is -0.267 e. The summed E-state index contributed by atoms with van der Waals surface area (Å²) in [6, 6.07) is 0. The molecule has 1 N–H and O–H groups in total. The SMILES string of the molecule is [N-]=[N+]=NCCC#Cc1[nH]nc2ncnc(Cl)c12. The van der Waals surface area contributed by atoms with E-state index in [0.717, 1.165) is 0 Å². The highest BCUT2D eigenvalue weighted by atomic mass is 35.5. The van der Waals surface area contributed by atoms with Crippen molar-refractivity contribution in [3.63, 3.8) is 0 Å². The van der Waals surface area contributed by atoms with E-state index in [1.807, 2.05) is 0 Å². The second-order valence-electron chi connectivity index (χ2n) is 2.97. The summed E-state index contributed by atoms with van der Waals surface area (Å²) in [5.41, 5.74) is 9.13. The van der Waals surface area contributed by atoms with Crippen LogP contribution in [-0.2, 0) is 0 Å². The van der Waals surface area contributed by atoms with Gasteiger partial charge in [0.1, 0.15) is 17.2 Å². The molecule has 0 spiro atoms. The van der Waals surface area contributed by atoms with Crippen LogP contribution in [-0.4, -0.2) is 26.7 Å². The molecule has 0 aliphatic heterocycles. The van der Waals surface area contributed by atoms with Crippen molar-refractivity contribution in [2.24, 2.45) is 5.11 Å². The largest absolute Gasteiger partial charge is 0.267 e. The minimum absolute atomic E-state index is 0.308. The predicted molar refractivity (Wildman–Crippen MR) is 62.2 cm³/mol. The van der Waals surface area contributed by atoms with Gasteiger partial charge in [-0.2, -0.15) is 5.10 Å². The summed E-state index contributed by atoms with van der Waals surface area (Å²) < 4.78 is 0. The highest BCUT2D eigenvalue weighted by molar-refractivity contribution is 6.34. The van der Waals surface area contributed by atoms with Crippen molar-refractivity contribution < 1.29 is 0 Å². The van der Waals surface area contributed by atoms with Crippen LogP contribution >= 0.6 is 11.6 Å². The molecule has 0 aromatic carbocycles. The molecular weight excluding hydrogens is 242 g/mol. The van der Waals surface area contributed by atoms with Crippen molar-refractivity contribution in [3.05, 3.63) is 27.6 Å². The number of H-pyrrole nitrogens is 1. The van der Waals surface area contributed by atoms with Crippen LogP contribution in [0.4, 0.5) is 0 Å². The van der Waals surface area contributed by atoms with Gasteiger partial charge in [0, 0.05) is 17.9 Å². The van der Waals surface area contributed by atoms with E-state index in [9.17, 15) is 0 Å². The van der Waals surface area contributed by atoms with Gasteiger partial charge >= 0.3 is 0 Å². The molecule has 0 amide bonds. The van der Waals surface area contributed by atoms with E-state index in [0.29, 0.717) is 34.8 Å². The summed E-state index contributed by atoms with van der Waals surface area (Å²) in [5.74, 6) is 5.69. The Balaban J connectivity index is 2.27. The molecule has 7 nitrogen and oxygen atoms in total. The number of nitrogens with zero attached hydrogens (tertiary/aromatic N) is 6. The van der Waals surface area contributed by atoms with Crippen LogP contribution in [0.5, 0.6) is 0 Å². The van der Waals surface area contributed by atoms with Gasteiger partial charge in [0.25, 0.3) is 0 Å². The summed E-state index contributed by atoms with van der Waals surface area (Å²) in [4.78, 5) is 10.4. The number of aromatic nitrogens is 4. The summed E-state index contributed by atoms with van der Waals surface area (Å²) >= 11 is 5.92. The van der Waals surface area contributed by atoms with E-state index in [-0.39, 0.29) is 0 Å². The van der Waals surface area contributed by atoms with Crippen LogP contribution in [0.25, 0.3) is 21.5 Å². The van der Waals surface area contributed by atoms with Crippen LogP contribution in [0.15, 0.2) is 11.4 Å². The van der Waals surface area contributed by atoms with Gasteiger partial charge in [-0.1, -0.05) is 22.6 Å². The van der Waals surface area contributed by atoms with Gasteiger partial charge in [0.05, 0.1) is 5.39 Å². The molecule has 0 unspecified atom stereocenters. The van der Waals surface area contributed by atoms with Gasteiger partial charge in [0.15, 0.2) is 5.65 Å². The molecular formula is C9H6ClN7. The van der Waals surface area contributed by atoms with Crippen LogP contribution in [0.2, 0.25) is 5.15 Å². The zero-order chi connectivity index (χ0) is 12.1. The van der Waals surface area contributed by atoms with Gasteiger partial charge in [0.2, 0.25) is 0 Å². The Labute approximate surface area is 101 Å². The molecule has 0 saturated carbocycles. The Hall–Kier alpha value is -2.29. The fourth-order valence-electron chi connectivity index (χ4n) is 1.21. The first-order chi connectivity index (χ1) is 8.33. The van der Waals surface area contributed by atoms with Crippen molar-refractivity contribution >= 4 is 22.6 Å². The number of rotatable bonds is 2. The van der Waals surface area contributed by atoms with E-state index in [2.05, 4.69) is 42.0 Å². The number of fused-ring (bicyclic) bond motifs is 1. The molecule has 0 fully saturated rings. The summed E-state index contributed by atoms with van der Waals surface area (Å²) in [7, 11) is 0. The fraction of sp³-hybridized carbons (Fsp3) is 0.222. The fourth-order valence-corrected chi connectivity index (χ4v) is 1.43. The lowest BCUT2D eigenvalue weighted by molar-refractivity contribution is 1.01. The van der Waals surface area contributed by atoms with Crippen molar-refractivity contribution in [2.45, 2.75) is 6.42 Å². The number of nitrogens with one attached hydrogen (secondary N) is 1. The minimum atomic E-state index is 0.308. The van der Waals surface area contributed by atoms with Gasteiger partial charge < -0.3 is 0 Å². The zero-order valence-electron chi connectivity index (χ0n) is 8.55. The molecule has 0 radical (unpaired) electrons. The molecule has 2 rings (SSSR count). The molecule has 2 aromatic heterocycles. The third-order valence-corrected chi connectivity index (χ3v) is 2.20. The summed E-state index contributed by atoms with van der Waals surface area (Å²) in [6.07, 6.45) is 1.81. The number of halogens is 1. The number of azide groups is 1. The van der Waals surface area contributed by atoms with Gasteiger partial charge in [-0.25, -0.2) is 9.97 Å². The Kier molecular flexibility index (Phi) is 3.40. The lowest BCUT2D eigenvalue weighted by Crippen LogP contribution is -1.82. The van der Waals surface area contributed by atoms with Crippen LogP contribution in [0.3, 0.4) is 0 Å². The van der Waals surface area contributed by atoms with Crippen LogP contribution < -0.4 is 0 Å². The lowest BCUT2D eigenvalue weighted by atomic mass is 10.3. The third kappa shape index (κ3) is 2.45. The normalized spacial score (nSPS) is 9.47. The van der Waals surface area contributed by atoms with E-state index >= 15 is 0 Å². The molecule has 0 atom stereocenters. The molecule has 84 valence electrons. The second-order valence-corrected chi connectivity index (χ2v) is 3.33. The van der Waals surface area contributed by atoms with Crippen molar-refractivity contribution in [1.29, 1.82) is 0 Å². The maximum atomic E-state index is 8.09. The molecule has 17 heavy (non-hydrogen) atoms. The Morgan fingerprint density at radius 3 is 3.24 bits per heavy atom. The Morgan fingerprint density at radius 2 is 2.41 bits per heavy atom. The highest BCUT2D eigenvalue weighted by Gasteiger charge is 2.08. The zero-order valence-corrected chi connectivity index (χ0v) is 9.31. The quantitative estimate of drug-likeness (QED) is 0.219. The van der Waals surface area contributed by atoms with E-state index in [1.165, 1.54) is 6.33 Å². The molecule has 2 aromatic rings. The van der Waals surface area contributed by atoms with Crippen molar-refractivity contribution in [1.82, 2.24) is 20.2 Å². The third-order valence-electron chi connectivity index (χ3n) is 1.92. The highest BCUT2D eigenvalue weighted by Crippen LogP contribution is 2.19. The smallest absolute Gasteiger partial charge is 0.186 e. The monoisotopic (exact) mass is 247 g/mol. The molecule has 8 heteroatoms. The first-order valence-corrected chi connectivity index (χ1v) is 5.05. The second kappa shape index (κ2) is 5.16. The van der Waals surface area contributed by atoms with E-state index in [1.54, 1.807) is 0 Å². The average molecular weight is 248 g/mol. The Bertz CT molecular complexity index is 644. The molecule has 2 heterocycles. The van der Waals surface area contributed by atoms with Gasteiger partial charge in [-0.15, -0.1) is 0 Å². The van der Waals surface area contributed by atoms with Gasteiger partial charge in [-0.3, -0.25) is 5.10 Å². The number of hydrogen-bond donors (Lipinski definition) is 1. The van der Waals surface area contributed by atoms with Gasteiger partial charge in [-0.05, 0) is 11.5 Å². The number of hydrogen-bond acceptors (Lipinski definition) is 4. The molecule has 0 aliphatic carbocycles. The standard InChI is InChI=1S/C9H6ClN7/c10-8-7-6(3-1-2-4-14-17-11)15-16-9(7)13-5-12-8/h5H,2,4H2,(H,12,13,15,16). The first-order valence-electron chi connectivity index (χ1n) is 4.67. The first kappa shape index (κ1) is 11.2. The van der Waals surface area contributed by atoms with Crippen molar-refractivity contribution in [3.8, 4) is 11.8 Å². The maximum Gasteiger partial charge on any atom is 0.186 e. The molecule has 0 saturated heterocycles. The average Bonchev–Trinajstić information content (AvgIpc) is 2.74. The molecule has 0 bridgehead atoms. The predicted octanol–water partition coefficient (Wildman–Crippen LogP) is 2.06. The number of aromatic amines is 1. The van der Waals surface area contributed by atoms with E-state index < -0.39 is 0 Å². The topological polar surface area (TPSA) is 103 Å². The van der Waals surface area contributed by atoms with E-state index in [4.69, 9.17) is 17.1 Å². The Morgan fingerprint density at radius 1 is 1.53 bits per heavy atom. The summed E-state index contributed by atoms with van der Waals surface area (Å²) in [5, 5.41) is 11.0. The van der Waals surface area contributed by atoms with Crippen molar-refractivity contribution in [2.75, 3.05) is 6.54 Å². The van der Waals surface area contributed by atoms with Crippen LogP contribution in [0, 0.1) is 11.8 Å². The summed E-state index contributed by atoms with van der Waals surface area (Å²) in [6.45, 7) is 0.333. The van der Waals surface area contributed by atoms with Crippen LogP contribution in [0.1, 0.15) is 12.1 Å². The maximum absolute atomic E-state index is 8.09. The lowest BCUT2D eigenvalue weighted by Gasteiger charge is -1.89. The molecule has 0 aliphatic rings.